The molecule has 0 atom stereocenters. The van der Waals surface area contributed by atoms with Gasteiger partial charge in [0.25, 0.3) is 0 Å². The first-order valence-corrected chi connectivity index (χ1v) is 9.85. The van der Waals surface area contributed by atoms with E-state index in [1.165, 1.54) is 4.68 Å². The maximum Gasteiger partial charge on any atom is 0.248 e. The summed E-state index contributed by atoms with van der Waals surface area (Å²) < 4.78 is 6.97. The largest absolute Gasteiger partial charge is 0.378 e. The molecule has 146 valence electrons. The molecule has 0 bridgehead atoms. The average Bonchev–Trinajstić information content (AvgIpc) is 3.17. The lowest BCUT2D eigenvalue weighted by molar-refractivity contribution is 0.122. The zero-order valence-corrected chi connectivity index (χ0v) is 17.0. The number of anilines is 2. The molecule has 28 heavy (non-hydrogen) atoms. The number of nitrogens with one attached hydrogen (secondary N) is 1. The fourth-order valence-electron chi connectivity index (χ4n) is 3.13. The van der Waals surface area contributed by atoms with Crippen LogP contribution in [0.2, 0.25) is 15.1 Å². The Morgan fingerprint density at radius 1 is 1.00 bits per heavy atom. The van der Waals surface area contributed by atoms with E-state index in [-0.39, 0.29) is 0 Å². The van der Waals surface area contributed by atoms with Crippen molar-refractivity contribution < 1.29 is 4.74 Å². The molecule has 1 aliphatic rings. The molecule has 0 radical (unpaired) electrons. The van der Waals surface area contributed by atoms with Crippen molar-refractivity contribution in [2.24, 2.45) is 0 Å². The number of ether oxygens (including phenoxy) is 1. The van der Waals surface area contributed by atoms with E-state index in [0.29, 0.717) is 46.5 Å². The third-order valence-corrected chi connectivity index (χ3v) is 5.58. The number of tetrazole rings is 1. The van der Waals surface area contributed by atoms with Crippen LogP contribution < -0.4 is 10.2 Å². The first kappa shape index (κ1) is 19.3. The van der Waals surface area contributed by atoms with Crippen LogP contribution >= 0.6 is 34.8 Å². The van der Waals surface area contributed by atoms with Gasteiger partial charge in [0.2, 0.25) is 5.95 Å². The van der Waals surface area contributed by atoms with Crippen molar-refractivity contribution >= 4 is 46.4 Å². The van der Waals surface area contributed by atoms with Gasteiger partial charge in [0, 0.05) is 19.6 Å². The lowest BCUT2D eigenvalue weighted by Gasteiger charge is -2.31. The van der Waals surface area contributed by atoms with Gasteiger partial charge in [-0.15, -0.1) is 0 Å². The molecule has 2 aromatic carbocycles. The van der Waals surface area contributed by atoms with E-state index in [9.17, 15) is 0 Å². The van der Waals surface area contributed by atoms with Crippen LogP contribution in [0.3, 0.4) is 0 Å². The molecule has 0 amide bonds. The Balaban J connectivity index is 1.59. The molecule has 0 spiro atoms. The Morgan fingerprint density at radius 3 is 2.57 bits per heavy atom. The second kappa shape index (κ2) is 8.53. The predicted molar refractivity (Wildman–Crippen MR) is 111 cm³/mol. The highest BCUT2D eigenvalue weighted by molar-refractivity contribution is 6.43. The van der Waals surface area contributed by atoms with Crippen molar-refractivity contribution in [1.29, 1.82) is 0 Å². The van der Waals surface area contributed by atoms with E-state index in [4.69, 9.17) is 39.5 Å². The molecular formula is C18H17Cl3N6O. The van der Waals surface area contributed by atoms with Crippen LogP contribution in [0.1, 0.15) is 5.56 Å². The third-order valence-electron chi connectivity index (χ3n) is 4.46. The minimum atomic E-state index is 0.385. The van der Waals surface area contributed by atoms with Gasteiger partial charge in [-0.2, -0.15) is 4.68 Å². The zero-order valence-electron chi connectivity index (χ0n) is 14.8. The Morgan fingerprint density at radius 2 is 1.75 bits per heavy atom. The number of rotatable bonds is 5. The van der Waals surface area contributed by atoms with Crippen molar-refractivity contribution in [2.75, 3.05) is 36.5 Å². The van der Waals surface area contributed by atoms with Crippen LogP contribution in [-0.2, 0) is 11.3 Å². The van der Waals surface area contributed by atoms with Gasteiger partial charge in [0.1, 0.15) is 0 Å². The van der Waals surface area contributed by atoms with E-state index in [2.05, 4.69) is 25.7 Å². The molecule has 2 heterocycles. The Hall–Kier alpha value is -2.06. The number of morpholine rings is 1. The molecule has 3 aromatic rings. The van der Waals surface area contributed by atoms with Crippen molar-refractivity contribution in [3.63, 3.8) is 0 Å². The molecule has 1 aromatic heterocycles. The summed E-state index contributed by atoms with van der Waals surface area (Å²) in [5, 5.41) is 16.6. The van der Waals surface area contributed by atoms with Crippen LogP contribution in [0.25, 0.3) is 5.69 Å². The van der Waals surface area contributed by atoms with Crippen LogP contribution in [0, 0.1) is 0 Å². The van der Waals surface area contributed by atoms with Gasteiger partial charge in [-0.1, -0.05) is 58.1 Å². The molecule has 0 aliphatic carbocycles. The SMILES string of the molecule is Clc1cccc(-n2nnnc2NCc2cccc(Cl)c2N2CCOCC2)c1Cl. The van der Waals surface area contributed by atoms with E-state index in [0.717, 1.165) is 24.3 Å². The first-order valence-electron chi connectivity index (χ1n) is 8.72. The maximum absolute atomic E-state index is 6.50. The first-order chi connectivity index (χ1) is 13.6. The van der Waals surface area contributed by atoms with Crippen molar-refractivity contribution in [3.05, 3.63) is 57.0 Å². The summed E-state index contributed by atoms with van der Waals surface area (Å²) >= 11 is 18.9. The summed E-state index contributed by atoms with van der Waals surface area (Å²) in [6.07, 6.45) is 0. The van der Waals surface area contributed by atoms with Crippen molar-refractivity contribution in [1.82, 2.24) is 20.2 Å². The standard InChI is InChI=1S/C18H17Cl3N6O/c19-13-4-2-6-15(16(13)21)27-18(23-24-25-27)22-11-12-3-1-5-14(20)17(12)26-7-9-28-10-8-26/h1-6H,7-11H2,(H,22,23,25). The minimum Gasteiger partial charge on any atom is -0.378 e. The molecule has 1 aliphatic heterocycles. The Kier molecular flexibility index (Phi) is 5.87. The number of nitrogens with zero attached hydrogens (tertiary/aromatic N) is 5. The number of hydrogen-bond acceptors (Lipinski definition) is 6. The number of halogens is 3. The van der Waals surface area contributed by atoms with E-state index >= 15 is 0 Å². The lowest BCUT2D eigenvalue weighted by atomic mass is 10.1. The fourth-order valence-corrected chi connectivity index (χ4v) is 3.82. The van der Waals surface area contributed by atoms with Gasteiger partial charge in [-0.05, 0) is 34.2 Å². The molecular weight excluding hydrogens is 423 g/mol. The molecule has 10 heteroatoms. The van der Waals surface area contributed by atoms with Gasteiger partial charge in [0.15, 0.2) is 0 Å². The highest BCUT2D eigenvalue weighted by Gasteiger charge is 2.19. The van der Waals surface area contributed by atoms with Crippen molar-refractivity contribution in [3.8, 4) is 5.69 Å². The Labute approximate surface area is 177 Å². The zero-order chi connectivity index (χ0) is 19.5. The highest BCUT2D eigenvalue weighted by atomic mass is 35.5. The van der Waals surface area contributed by atoms with Gasteiger partial charge in [-0.25, -0.2) is 0 Å². The molecule has 0 unspecified atom stereocenters. The number of aromatic nitrogens is 4. The summed E-state index contributed by atoms with van der Waals surface area (Å²) in [6, 6.07) is 11.2. The normalized spacial score (nSPS) is 14.3. The molecule has 7 nitrogen and oxygen atoms in total. The molecule has 1 fully saturated rings. The van der Waals surface area contributed by atoms with Gasteiger partial charge in [-0.3, -0.25) is 0 Å². The summed E-state index contributed by atoms with van der Waals surface area (Å²) in [5.74, 6) is 0.456. The Bertz CT molecular complexity index is 974. The third kappa shape index (κ3) is 3.89. The van der Waals surface area contributed by atoms with Gasteiger partial charge >= 0.3 is 0 Å². The number of hydrogen-bond donors (Lipinski definition) is 1. The van der Waals surface area contributed by atoms with Gasteiger partial charge in [0.05, 0.1) is 39.7 Å². The van der Waals surface area contributed by atoms with E-state index in [1.807, 2.05) is 18.2 Å². The monoisotopic (exact) mass is 438 g/mol. The van der Waals surface area contributed by atoms with Crippen LogP contribution in [-0.4, -0.2) is 46.5 Å². The average molecular weight is 440 g/mol. The van der Waals surface area contributed by atoms with Crippen LogP contribution in [0.4, 0.5) is 11.6 Å². The molecule has 0 saturated carbocycles. The maximum atomic E-state index is 6.50. The quantitative estimate of drug-likeness (QED) is 0.646. The molecule has 1 N–H and O–H groups in total. The predicted octanol–water partition coefficient (Wildman–Crippen LogP) is 4.07. The van der Waals surface area contributed by atoms with E-state index < -0.39 is 0 Å². The second-order valence-corrected chi connectivity index (χ2v) is 7.38. The van der Waals surface area contributed by atoms with Crippen molar-refractivity contribution in [2.45, 2.75) is 6.54 Å². The molecule has 1 saturated heterocycles. The molecule has 4 rings (SSSR count). The summed E-state index contributed by atoms with van der Waals surface area (Å²) in [4.78, 5) is 2.24. The van der Waals surface area contributed by atoms with Crippen LogP contribution in [0.15, 0.2) is 36.4 Å². The van der Waals surface area contributed by atoms with Gasteiger partial charge < -0.3 is 15.0 Å². The van der Waals surface area contributed by atoms with Crippen LogP contribution in [0.5, 0.6) is 0 Å². The van der Waals surface area contributed by atoms with E-state index in [1.54, 1.807) is 18.2 Å². The lowest BCUT2D eigenvalue weighted by Crippen LogP contribution is -2.37. The highest BCUT2D eigenvalue weighted by Crippen LogP contribution is 2.32. The topological polar surface area (TPSA) is 68.1 Å². The minimum absolute atomic E-state index is 0.385. The number of benzene rings is 2. The smallest absolute Gasteiger partial charge is 0.248 e. The fraction of sp³-hybridized carbons (Fsp3) is 0.278. The number of para-hydroxylation sites is 1. The second-order valence-electron chi connectivity index (χ2n) is 6.19. The summed E-state index contributed by atoms with van der Waals surface area (Å²) in [7, 11) is 0. The summed E-state index contributed by atoms with van der Waals surface area (Å²) in [6.45, 7) is 3.46. The summed E-state index contributed by atoms with van der Waals surface area (Å²) in [5.41, 5.74) is 2.64.